The van der Waals surface area contributed by atoms with Gasteiger partial charge >= 0.3 is 0 Å². The Kier molecular flexibility index (Phi) is 9.15. The molecule has 2 aliphatic heterocycles. The van der Waals surface area contributed by atoms with Crippen LogP contribution in [0.3, 0.4) is 0 Å². The van der Waals surface area contributed by atoms with Gasteiger partial charge in [0.15, 0.2) is 5.82 Å². The summed E-state index contributed by atoms with van der Waals surface area (Å²) in [6.07, 6.45) is 16.5. The molecule has 7 aromatic rings. The van der Waals surface area contributed by atoms with Gasteiger partial charge in [0.2, 0.25) is 0 Å². The van der Waals surface area contributed by atoms with Crippen molar-refractivity contribution in [2.24, 2.45) is 10.9 Å². The van der Waals surface area contributed by atoms with Crippen LogP contribution in [0.4, 0.5) is 0 Å². The van der Waals surface area contributed by atoms with Gasteiger partial charge in [0.1, 0.15) is 11.5 Å². The Hall–Kier alpha value is -7.17. The molecule has 3 heterocycles. The number of allylic oxidation sites excluding steroid dienone is 9. The summed E-state index contributed by atoms with van der Waals surface area (Å²) < 4.78 is 6.56. The fourth-order valence-electron chi connectivity index (χ4n) is 10.3. The van der Waals surface area contributed by atoms with Crippen LogP contribution in [-0.2, 0) is 5.41 Å². The van der Waals surface area contributed by atoms with Crippen LogP contribution in [0.5, 0.6) is 5.75 Å². The van der Waals surface area contributed by atoms with Crippen LogP contribution in [0.25, 0.3) is 50.2 Å². The molecule has 0 amide bonds. The highest BCUT2D eigenvalue weighted by Crippen LogP contribution is 2.64. The van der Waals surface area contributed by atoms with Crippen LogP contribution in [0.15, 0.2) is 210 Å². The third kappa shape index (κ3) is 6.16. The summed E-state index contributed by atoms with van der Waals surface area (Å²) in [4.78, 5) is 15.4. The van der Waals surface area contributed by atoms with E-state index in [1.54, 1.807) is 0 Å². The van der Waals surface area contributed by atoms with E-state index in [1.807, 2.05) is 24.4 Å². The Morgan fingerprint density at radius 1 is 0.689 bits per heavy atom. The first-order valence-corrected chi connectivity index (χ1v) is 21.5. The summed E-state index contributed by atoms with van der Waals surface area (Å²) in [5.74, 6) is 2.98. The second-order valence-corrected chi connectivity index (χ2v) is 16.5. The lowest BCUT2D eigenvalue weighted by Crippen LogP contribution is -2.39. The molecule has 0 bridgehead atoms. The minimum absolute atomic E-state index is 0.122. The topological polar surface area (TPSA) is 47.4 Å². The van der Waals surface area contributed by atoms with E-state index >= 15 is 0 Å². The maximum atomic E-state index is 6.56. The molecule has 4 heteroatoms. The summed E-state index contributed by atoms with van der Waals surface area (Å²) in [6, 6.07) is 54.1. The number of nitrogens with zero attached hydrogens (tertiary/aromatic N) is 3. The highest BCUT2D eigenvalue weighted by Gasteiger charge is 2.56. The molecule has 4 aliphatic rings. The van der Waals surface area contributed by atoms with Gasteiger partial charge in [-0.15, -0.1) is 0 Å². The van der Waals surface area contributed by atoms with Gasteiger partial charge in [-0.25, -0.2) is 9.97 Å². The van der Waals surface area contributed by atoms with Gasteiger partial charge in [0.05, 0.1) is 22.5 Å². The number of aliphatic imine (C=N–C) groups is 1. The van der Waals surface area contributed by atoms with Crippen LogP contribution in [0.1, 0.15) is 61.3 Å². The predicted molar refractivity (Wildman–Crippen MR) is 250 cm³/mol. The van der Waals surface area contributed by atoms with Gasteiger partial charge in [0, 0.05) is 45.9 Å². The first-order chi connectivity index (χ1) is 30.1. The monoisotopic (exact) mass is 787 g/mol. The molecule has 0 saturated heterocycles. The smallest absolute Gasteiger partial charge is 0.160 e. The van der Waals surface area contributed by atoms with Crippen molar-refractivity contribution in [3.8, 4) is 39.7 Å². The second-order valence-electron chi connectivity index (χ2n) is 16.5. The van der Waals surface area contributed by atoms with E-state index in [4.69, 9.17) is 19.7 Å². The second kappa shape index (κ2) is 15.1. The molecule has 1 aromatic heterocycles. The van der Waals surface area contributed by atoms with E-state index in [2.05, 4.69) is 178 Å². The molecule has 294 valence electrons. The largest absolute Gasteiger partial charge is 0.461 e. The van der Waals surface area contributed by atoms with Gasteiger partial charge < -0.3 is 4.74 Å². The average molecular weight is 788 g/mol. The maximum absolute atomic E-state index is 6.56. The number of benzene rings is 6. The van der Waals surface area contributed by atoms with E-state index in [9.17, 15) is 0 Å². The Morgan fingerprint density at radius 3 is 2.25 bits per heavy atom. The first kappa shape index (κ1) is 36.9. The molecule has 0 radical (unpaired) electrons. The molecule has 61 heavy (non-hydrogen) atoms. The van der Waals surface area contributed by atoms with E-state index in [-0.39, 0.29) is 17.3 Å². The van der Waals surface area contributed by atoms with Crippen molar-refractivity contribution in [3.63, 3.8) is 0 Å². The van der Waals surface area contributed by atoms with Crippen molar-refractivity contribution in [1.82, 2.24) is 9.97 Å². The Morgan fingerprint density at radius 2 is 1.41 bits per heavy atom. The van der Waals surface area contributed by atoms with Gasteiger partial charge in [-0.05, 0) is 89.1 Å². The highest BCUT2D eigenvalue weighted by atomic mass is 16.5. The lowest BCUT2D eigenvalue weighted by Gasteiger charge is -2.43. The third-order valence-corrected chi connectivity index (χ3v) is 13.1. The van der Waals surface area contributed by atoms with Crippen molar-refractivity contribution < 1.29 is 4.74 Å². The van der Waals surface area contributed by atoms with Crippen LogP contribution in [0.2, 0.25) is 0 Å². The van der Waals surface area contributed by atoms with Gasteiger partial charge in [-0.1, -0.05) is 165 Å². The predicted octanol–water partition coefficient (Wildman–Crippen LogP) is 14.0. The zero-order valence-electron chi connectivity index (χ0n) is 34.4. The fraction of sp³-hybridized carbons (Fsp3) is 0.140. The zero-order valence-corrected chi connectivity index (χ0v) is 34.4. The Labute approximate surface area is 357 Å². The standard InChI is InChI=1S/C57H45N3O/c1-3-4-21-48-37(2)61-54-24-13-12-23-51(54)57(48)49-22-11-10-19-46(49)47-35-44(31-32-50(47)57)55-45(20-14-33-58-55)39-26-28-40(29-27-39)52-36-53(60-56(59-52)41-16-6-5-7-17-41)43-30-25-38-15-8-9-18-42(38)34-43/h4-19,21-31,33-36,45,50H,3,20,32H2,1-2H3/b21-4-/t45?,50?,57-/m1/s1. The van der Waals surface area contributed by atoms with E-state index in [0.717, 1.165) is 64.6 Å². The summed E-state index contributed by atoms with van der Waals surface area (Å²) in [6.45, 7) is 4.33. The Bertz CT molecular complexity index is 3060. The molecular weight excluding hydrogens is 743 g/mol. The van der Waals surface area contributed by atoms with Crippen molar-refractivity contribution in [2.45, 2.75) is 44.4 Å². The number of hydrogen-bond acceptors (Lipinski definition) is 4. The number of fused-ring (bicyclic) bond motifs is 8. The number of ether oxygens (including phenoxy) is 1. The lowest BCUT2D eigenvalue weighted by atomic mass is 9.61. The first-order valence-electron chi connectivity index (χ1n) is 21.5. The molecule has 11 rings (SSSR count). The van der Waals surface area contributed by atoms with Gasteiger partial charge in [-0.2, -0.15) is 0 Å². The molecule has 6 aromatic carbocycles. The van der Waals surface area contributed by atoms with E-state index < -0.39 is 0 Å². The van der Waals surface area contributed by atoms with Crippen LogP contribution in [-0.4, -0.2) is 15.7 Å². The summed E-state index contributed by atoms with van der Waals surface area (Å²) in [7, 11) is 0. The van der Waals surface area contributed by atoms with Crippen LogP contribution >= 0.6 is 0 Å². The SMILES string of the molecule is CC/C=C\C1=C(C)Oc2ccccc2[C@@]12c1ccccc1C1=CC(C3=NC=CCC3c3ccc(-c4cc(-c5ccc6ccccc6c5)nc(-c5ccccc5)n4)cc3)=CCC12. The number of aromatic nitrogens is 2. The summed E-state index contributed by atoms with van der Waals surface area (Å²) in [5.41, 5.74) is 14.7. The fourth-order valence-corrected chi connectivity index (χ4v) is 10.3. The normalized spacial score (nSPS) is 20.2. The van der Waals surface area contributed by atoms with Crippen LogP contribution in [0, 0.1) is 5.92 Å². The molecule has 0 fully saturated rings. The van der Waals surface area contributed by atoms with E-state index in [0.29, 0.717) is 5.82 Å². The molecule has 0 N–H and O–H groups in total. The third-order valence-electron chi connectivity index (χ3n) is 13.1. The van der Waals surface area contributed by atoms with Crippen LogP contribution < -0.4 is 4.74 Å². The van der Waals surface area contributed by atoms with Crippen molar-refractivity contribution >= 4 is 22.1 Å². The molecule has 2 aliphatic carbocycles. The summed E-state index contributed by atoms with van der Waals surface area (Å²) in [5, 5.41) is 2.40. The molecular formula is C57H45N3O. The van der Waals surface area contributed by atoms with Crippen molar-refractivity contribution in [1.29, 1.82) is 0 Å². The zero-order chi connectivity index (χ0) is 40.9. The van der Waals surface area contributed by atoms with Gasteiger partial charge in [-0.3, -0.25) is 4.99 Å². The average Bonchev–Trinajstić information content (AvgIpc) is 3.61. The van der Waals surface area contributed by atoms with Crippen molar-refractivity contribution in [2.75, 3.05) is 0 Å². The minimum Gasteiger partial charge on any atom is -0.461 e. The Balaban J connectivity index is 0.952. The molecule has 4 nitrogen and oxygen atoms in total. The van der Waals surface area contributed by atoms with E-state index in [1.165, 1.54) is 49.7 Å². The molecule has 3 atom stereocenters. The minimum atomic E-state index is -0.353. The molecule has 2 unspecified atom stereocenters. The maximum Gasteiger partial charge on any atom is 0.160 e. The quantitative estimate of drug-likeness (QED) is 0.162. The lowest BCUT2D eigenvalue weighted by molar-refractivity contribution is 0.350. The number of para-hydroxylation sites is 1. The molecule has 0 saturated carbocycles. The summed E-state index contributed by atoms with van der Waals surface area (Å²) >= 11 is 0. The number of rotatable bonds is 7. The highest BCUT2D eigenvalue weighted by molar-refractivity contribution is 6.10. The molecule has 1 spiro atoms. The van der Waals surface area contributed by atoms with Gasteiger partial charge in [0.25, 0.3) is 0 Å². The van der Waals surface area contributed by atoms with Crippen molar-refractivity contribution in [3.05, 3.63) is 227 Å². The number of hydrogen-bond donors (Lipinski definition) is 0.